The maximum Gasteiger partial charge on any atom is 0.234 e. The molecule has 3 heterocycles. The first kappa shape index (κ1) is 18.1. The highest BCUT2D eigenvalue weighted by Crippen LogP contribution is 2.28. The summed E-state index contributed by atoms with van der Waals surface area (Å²) < 4.78 is 2.29. The Morgan fingerprint density at radius 3 is 2.70 bits per heavy atom. The number of nitrogens with zero attached hydrogens (tertiary/aromatic N) is 5. The highest BCUT2D eigenvalue weighted by molar-refractivity contribution is 5.79. The second kappa shape index (κ2) is 8.18. The molecule has 2 aromatic rings. The Bertz CT molecular complexity index is 849. The summed E-state index contributed by atoms with van der Waals surface area (Å²) in [6.07, 6.45) is 11.0. The van der Waals surface area contributed by atoms with E-state index in [1.165, 1.54) is 44.2 Å². The molecule has 6 nitrogen and oxygen atoms in total. The van der Waals surface area contributed by atoms with Gasteiger partial charge in [-0.3, -0.25) is 9.69 Å². The summed E-state index contributed by atoms with van der Waals surface area (Å²) in [6.45, 7) is 3.44. The van der Waals surface area contributed by atoms with Crippen LogP contribution in [-0.4, -0.2) is 38.3 Å². The smallest absolute Gasteiger partial charge is 0.234 e. The minimum atomic E-state index is 0.231. The number of hydrogen-bond donors (Lipinski definition) is 0. The molecule has 0 atom stereocenters. The normalized spacial score (nSPS) is 19.4. The zero-order valence-electron chi connectivity index (χ0n) is 15.9. The average molecular weight is 365 g/mol. The van der Waals surface area contributed by atoms with Crippen molar-refractivity contribution in [2.45, 2.75) is 64.5 Å². The van der Waals surface area contributed by atoms with Gasteiger partial charge in [-0.1, -0.05) is 32.1 Å². The molecular weight excluding hydrogens is 338 g/mol. The van der Waals surface area contributed by atoms with E-state index in [1.807, 2.05) is 0 Å². The van der Waals surface area contributed by atoms with E-state index < -0.39 is 0 Å². The summed E-state index contributed by atoms with van der Waals surface area (Å²) in [5.74, 6) is 1.40. The van der Waals surface area contributed by atoms with E-state index in [0.29, 0.717) is 18.6 Å². The first-order valence-electron chi connectivity index (χ1n) is 10.2. The number of nitriles is 1. The molecule has 6 heteroatoms. The molecule has 1 aliphatic heterocycles. The molecule has 0 amide bonds. The van der Waals surface area contributed by atoms with Crippen LogP contribution >= 0.6 is 0 Å². The molecule has 0 radical (unpaired) electrons. The Kier molecular flexibility index (Phi) is 5.49. The van der Waals surface area contributed by atoms with Crippen molar-refractivity contribution >= 4 is 16.8 Å². The highest BCUT2D eigenvalue weighted by atomic mass is 16.1. The number of aryl methyl sites for hydroxylation is 1. The largest absolute Gasteiger partial charge is 0.328 e. The van der Waals surface area contributed by atoms with Gasteiger partial charge >= 0.3 is 0 Å². The van der Waals surface area contributed by atoms with E-state index in [4.69, 9.17) is 0 Å². The lowest BCUT2D eigenvalue weighted by Crippen LogP contribution is -2.34. The van der Waals surface area contributed by atoms with Gasteiger partial charge in [0.05, 0.1) is 0 Å². The first-order valence-corrected chi connectivity index (χ1v) is 10.2. The van der Waals surface area contributed by atoms with E-state index in [-0.39, 0.29) is 5.82 Å². The van der Waals surface area contributed by atoms with Crippen molar-refractivity contribution in [1.29, 1.82) is 5.26 Å². The van der Waals surface area contributed by atoms with Crippen LogP contribution in [0.4, 0.5) is 0 Å². The summed E-state index contributed by atoms with van der Waals surface area (Å²) in [5, 5.41) is 10.2. The molecule has 2 aromatic heterocycles. The van der Waals surface area contributed by atoms with Crippen molar-refractivity contribution < 1.29 is 4.79 Å². The summed E-state index contributed by atoms with van der Waals surface area (Å²) in [6, 6.07) is 4.22. The Labute approximate surface area is 160 Å². The van der Waals surface area contributed by atoms with Gasteiger partial charge in [0.1, 0.15) is 17.5 Å². The molecule has 2 fully saturated rings. The quantitative estimate of drug-likeness (QED) is 0.811. The molecule has 2 aliphatic rings. The summed E-state index contributed by atoms with van der Waals surface area (Å²) in [5.41, 5.74) is 2.10. The lowest BCUT2D eigenvalue weighted by atomic mass is 9.87. The maximum atomic E-state index is 11.5. The third-order valence-electron chi connectivity index (χ3n) is 6.11. The number of Topliss-reactive ketones (excluding diaryl/α,β-unsaturated/α-hetero) is 1. The molecule has 0 aromatic carbocycles. The Morgan fingerprint density at radius 2 is 1.96 bits per heavy atom. The van der Waals surface area contributed by atoms with Crippen molar-refractivity contribution in [3.8, 4) is 6.07 Å². The number of likely N-dealkylation sites (tertiary alicyclic amines) is 1. The predicted octanol–water partition coefficient (Wildman–Crippen LogP) is 3.44. The van der Waals surface area contributed by atoms with Gasteiger partial charge in [-0.05, 0) is 18.4 Å². The summed E-state index contributed by atoms with van der Waals surface area (Å²) in [4.78, 5) is 22.5. The number of carbonyl (C=O) groups excluding carboxylic acids is 1. The number of fused-ring (bicyclic) bond motifs is 1. The molecule has 27 heavy (non-hydrogen) atoms. The van der Waals surface area contributed by atoms with Gasteiger partial charge in [0.25, 0.3) is 0 Å². The molecule has 0 spiro atoms. The number of rotatable bonds is 5. The van der Waals surface area contributed by atoms with Gasteiger partial charge in [0.2, 0.25) is 5.82 Å². The molecule has 1 saturated heterocycles. The number of piperidine rings is 1. The van der Waals surface area contributed by atoms with Crippen LogP contribution in [0.25, 0.3) is 11.0 Å². The number of aromatic nitrogens is 3. The Balaban J connectivity index is 1.58. The maximum absolute atomic E-state index is 11.5. The average Bonchev–Trinajstić information content (AvgIpc) is 3.05. The van der Waals surface area contributed by atoms with Crippen LogP contribution in [0, 0.1) is 17.2 Å². The first-order chi connectivity index (χ1) is 13.2. The predicted molar refractivity (Wildman–Crippen MR) is 103 cm³/mol. The van der Waals surface area contributed by atoms with Crippen LogP contribution in [-0.2, 0) is 17.9 Å². The van der Waals surface area contributed by atoms with Gasteiger partial charge in [-0.15, -0.1) is 0 Å². The van der Waals surface area contributed by atoms with Gasteiger partial charge in [-0.2, -0.15) is 5.26 Å². The van der Waals surface area contributed by atoms with Crippen molar-refractivity contribution in [3.63, 3.8) is 0 Å². The molecule has 0 N–H and O–H groups in total. The molecule has 0 unspecified atom stereocenters. The van der Waals surface area contributed by atoms with E-state index in [1.54, 1.807) is 6.20 Å². The number of ketones is 1. The summed E-state index contributed by atoms with van der Waals surface area (Å²) >= 11 is 0. The third-order valence-corrected chi connectivity index (χ3v) is 6.11. The highest BCUT2D eigenvalue weighted by Gasteiger charge is 2.20. The Morgan fingerprint density at radius 1 is 1.19 bits per heavy atom. The minimum Gasteiger partial charge on any atom is -0.328 e. The van der Waals surface area contributed by atoms with Gasteiger partial charge in [-0.25, -0.2) is 9.97 Å². The van der Waals surface area contributed by atoms with Crippen LogP contribution in [0.3, 0.4) is 0 Å². The van der Waals surface area contributed by atoms with Crippen molar-refractivity contribution in [2.75, 3.05) is 13.1 Å². The SMILES string of the molecule is N#Cc1ncc2cc(CN3CCC(=O)CC3)n(CCC3CCCCC3)c2n1. The zero-order chi connectivity index (χ0) is 18.6. The fraction of sp³-hybridized carbons (Fsp3) is 0.619. The van der Waals surface area contributed by atoms with Crippen molar-refractivity contribution in [1.82, 2.24) is 19.4 Å². The minimum absolute atomic E-state index is 0.231. The fourth-order valence-electron chi connectivity index (χ4n) is 4.51. The fourth-order valence-corrected chi connectivity index (χ4v) is 4.51. The topological polar surface area (TPSA) is 74.8 Å². The lowest BCUT2D eigenvalue weighted by Gasteiger charge is -2.27. The van der Waals surface area contributed by atoms with Gasteiger partial charge < -0.3 is 4.57 Å². The van der Waals surface area contributed by atoms with E-state index >= 15 is 0 Å². The molecular formula is C21H27N5O. The lowest BCUT2D eigenvalue weighted by molar-refractivity contribution is -0.121. The van der Waals surface area contributed by atoms with Crippen LogP contribution in [0.1, 0.15) is 62.9 Å². The van der Waals surface area contributed by atoms with E-state index in [9.17, 15) is 10.1 Å². The van der Waals surface area contributed by atoms with Crippen LogP contribution in [0.2, 0.25) is 0 Å². The van der Waals surface area contributed by atoms with E-state index in [2.05, 4.69) is 31.6 Å². The van der Waals surface area contributed by atoms with Crippen LogP contribution in [0.5, 0.6) is 0 Å². The van der Waals surface area contributed by atoms with Crippen LogP contribution < -0.4 is 0 Å². The van der Waals surface area contributed by atoms with E-state index in [0.717, 1.165) is 43.1 Å². The zero-order valence-corrected chi connectivity index (χ0v) is 15.9. The molecule has 1 saturated carbocycles. The molecule has 0 bridgehead atoms. The third kappa shape index (κ3) is 4.19. The summed E-state index contributed by atoms with van der Waals surface area (Å²) in [7, 11) is 0. The standard InChI is InChI=1S/C21H27N5O/c22-13-20-23-14-17-12-18(15-25-9-7-19(27)8-10-25)26(21(17)24-20)11-6-16-4-2-1-3-5-16/h12,14,16H,1-11,15H2. The Hall–Kier alpha value is -2.26. The number of hydrogen-bond acceptors (Lipinski definition) is 5. The molecule has 1 aliphatic carbocycles. The molecule has 142 valence electrons. The van der Waals surface area contributed by atoms with Crippen molar-refractivity contribution in [2.24, 2.45) is 5.92 Å². The second-order valence-corrected chi connectivity index (χ2v) is 7.98. The second-order valence-electron chi connectivity index (χ2n) is 7.98. The van der Waals surface area contributed by atoms with Gasteiger partial charge in [0, 0.05) is 56.3 Å². The van der Waals surface area contributed by atoms with Crippen molar-refractivity contribution in [3.05, 3.63) is 23.8 Å². The monoisotopic (exact) mass is 365 g/mol. The van der Waals surface area contributed by atoms with Crippen LogP contribution in [0.15, 0.2) is 12.3 Å². The number of carbonyl (C=O) groups is 1. The molecule has 4 rings (SSSR count). The van der Waals surface area contributed by atoms with Gasteiger partial charge in [0.15, 0.2) is 0 Å².